The lowest BCUT2D eigenvalue weighted by atomic mass is 10.1. The molecule has 0 unspecified atom stereocenters. The quantitative estimate of drug-likeness (QED) is 0.238. The maximum absolute atomic E-state index is 12.9. The van der Waals surface area contributed by atoms with Crippen LogP contribution in [0.4, 0.5) is 16.2 Å². The van der Waals surface area contributed by atoms with Gasteiger partial charge in [0.1, 0.15) is 6.54 Å². The molecule has 38 heavy (non-hydrogen) atoms. The molecule has 1 saturated heterocycles. The van der Waals surface area contributed by atoms with Gasteiger partial charge in [-0.1, -0.05) is 24.3 Å². The zero-order valence-electron chi connectivity index (χ0n) is 20.6. The minimum Gasteiger partial charge on any atom is -0.493 e. The van der Waals surface area contributed by atoms with Gasteiger partial charge in [-0.2, -0.15) is 0 Å². The molecule has 0 aliphatic carbocycles. The Morgan fingerprint density at radius 3 is 2.55 bits per heavy atom. The second-order valence-corrected chi connectivity index (χ2v) is 9.17. The predicted molar refractivity (Wildman–Crippen MR) is 141 cm³/mol. The highest BCUT2D eigenvalue weighted by Gasteiger charge is 2.36. The summed E-state index contributed by atoms with van der Waals surface area (Å²) in [6.45, 7) is 3.29. The highest BCUT2D eigenvalue weighted by atomic mass is 32.2. The minimum atomic E-state index is -0.609. The van der Waals surface area contributed by atoms with Crippen LogP contribution >= 0.6 is 11.8 Å². The molecule has 2 aromatic carbocycles. The molecule has 4 rings (SSSR count). The normalized spacial score (nSPS) is 14.1. The van der Waals surface area contributed by atoms with Crippen molar-refractivity contribution in [3.8, 4) is 17.4 Å². The van der Waals surface area contributed by atoms with Crippen molar-refractivity contribution in [1.82, 2.24) is 9.88 Å². The number of nitrogens with zero attached hydrogens (tertiary/aromatic N) is 3. The number of carbonyl (C=O) groups is 3. The third kappa shape index (κ3) is 5.65. The van der Waals surface area contributed by atoms with Gasteiger partial charge in [0.25, 0.3) is 17.0 Å². The number of nitrogens with one attached hydrogen (secondary N) is 1. The minimum absolute atomic E-state index is 0.131. The summed E-state index contributed by atoms with van der Waals surface area (Å²) < 4.78 is 11.0. The number of benzene rings is 2. The first-order valence-corrected chi connectivity index (χ1v) is 12.1. The van der Waals surface area contributed by atoms with Crippen molar-refractivity contribution in [3.63, 3.8) is 0 Å². The second kappa shape index (κ2) is 11.1. The lowest BCUT2D eigenvalue weighted by Gasteiger charge is -2.15. The number of thioether (sulfide) groups is 1. The van der Waals surface area contributed by atoms with E-state index in [2.05, 4.69) is 10.3 Å². The summed E-state index contributed by atoms with van der Waals surface area (Å²) in [6, 6.07) is 12.9. The maximum Gasteiger partial charge on any atom is 0.331 e. The number of anilines is 1. The Bertz CT molecular complexity index is 1470. The largest absolute Gasteiger partial charge is 0.493 e. The highest BCUT2D eigenvalue weighted by molar-refractivity contribution is 8.18. The van der Waals surface area contributed by atoms with E-state index < -0.39 is 28.5 Å². The fourth-order valence-corrected chi connectivity index (χ4v) is 4.52. The van der Waals surface area contributed by atoms with E-state index in [-0.39, 0.29) is 28.0 Å². The zero-order valence-corrected chi connectivity index (χ0v) is 21.4. The van der Waals surface area contributed by atoms with Crippen LogP contribution < -0.4 is 14.8 Å². The van der Waals surface area contributed by atoms with Crippen LogP contribution in [-0.4, -0.2) is 45.5 Å². The van der Waals surface area contributed by atoms with Crippen molar-refractivity contribution in [1.29, 1.82) is 0 Å². The summed E-state index contributed by atoms with van der Waals surface area (Å²) >= 11 is 0.718. The van der Waals surface area contributed by atoms with E-state index in [1.807, 2.05) is 32.0 Å². The van der Waals surface area contributed by atoms with Crippen molar-refractivity contribution in [3.05, 3.63) is 86.4 Å². The summed E-state index contributed by atoms with van der Waals surface area (Å²) in [5.74, 6) is -0.893. The molecule has 3 amide bonds. The first kappa shape index (κ1) is 26.4. The number of carbonyl (C=O) groups excluding carboxylic acids is 3. The van der Waals surface area contributed by atoms with Gasteiger partial charge in [-0.25, -0.2) is 4.98 Å². The number of nitro groups is 1. The highest BCUT2D eigenvalue weighted by Crippen LogP contribution is 2.37. The summed E-state index contributed by atoms with van der Waals surface area (Å²) in [5.41, 5.74) is 2.58. The summed E-state index contributed by atoms with van der Waals surface area (Å²) in [4.78, 5) is 53.6. The molecule has 0 atom stereocenters. The molecule has 1 fully saturated rings. The fourth-order valence-electron chi connectivity index (χ4n) is 3.68. The van der Waals surface area contributed by atoms with Crippen LogP contribution in [-0.2, 0) is 9.59 Å². The van der Waals surface area contributed by atoms with E-state index in [9.17, 15) is 24.5 Å². The van der Waals surface area contributed by atoms with Gasteiger partial charge in [0.05, 0.1) is 16.9 Å². The molecule has 1 N–H and O–H groups in total. The van der Waals surface area contributed by atoms with Crippen LogP contribution in [0.5, 0.6) is 17.4 Å². The SMILES string of the molecule is COc1cc(/C=C2\SC(=O)N(CC(=O)Nc3c(C)cccc3C)C2=O)ccc1Oc1ncccc1[N+](=O)[O-]. The van der Waals surface area contributed by atoms with Crippen LogP contribution in [0.2, 0.25) is 0 Å². The van der Waals surface area contributed by atoms with Crippen molar-refractivity contribution in [2.24, 2.45) is 0 Å². The van der Waals surface area contributed by atoms with Crippen molar-refractivity contribution >= 4 is 46.3 Å². The molecule has 3 aromatic rings. The number of para-hydroxylation sites is 1. The molecule has 1 aromatic heterocycles. The van der Waals surface area contributed by atoms with Crippen LogP contribution in [0.1, 0.15) is 16.7 Å². The van der Waals surface area contributed by atoms with Crippen LogP contribution in [0.15, 0.2) is 59.6 Å². The van der Waals surface area contributed by atoms with E-state index in [1.165, 1.54) is 37.6 Å². The molecule has 0 spiro atoms. The number of aromatic nitrogens is 1. The number of hydrogen-bond donors (Lipinski definition) is 1. The maximum atomic E-state index is 12.9. The number of pyridine rings is 1. The lowest BCUT2D eigenvalue weighted by molar-refractivity contribution is -0.386. The number of imide groups is 1. The van der Waals surface area contributed by atoms with Gasteiger partial charge >= 0.3 is 5.69 Å². The Morgan fingerprint density at radius 2 is 1.87 bits per heavy atom. The zero-order chi connectivity index (χ0) is 27.4. The van der Waals surface area contributed by atoms with Crippen LogP contribution in [0.3, 0.4) is 0 Å². The average Bonchev–Trinajstić information content (AvgIpc) is 3.14. The van der Waals surface area contributed by atoms with Gasteiger partial charge in [0.15, 0.2) is 11.5 Å². The molecule has 194 valence electrons. The molecule has 1 aliphatic heterocycles. The number of amides is 3. The fraction of sp³-hybridized carbons (Fsp3) is 0.154. The van der Waals surface area contributed by atoms with Crippen molar-refractivity contribution in [2.45, 2.75) is 13.8 Å². The Hall–Kier alpha value is -4.71. The molecular weight excluding hydrogens is 512 g/mol. The molecule has 0 bridgehead atoms. The summed E-state index contributed by atoms with van der Waals surface area (Å²) in [7, 11) is 1.39. The van der Waals surface area contributed by atoms with Gasteiger partial charge < -0.3 is 14.8 Å². The van der Waals surface area contributed by atoms with E-state index in [0.29, 0.717) is 11.3 Å². The number of methoxy groups -OCH3 is 1. The first-order chi connectivity index (χ1) is 18.2. The van der Waals surface area contributed by atoms with Gasteiger partial charge in [-0.05, 0) is 66.6 Å². The average molecular weight is 535 g/mol. The summed E-state index contributed by atoms with van der Waals surface area (Å²) in [5, 5.41) is 13.5. The topological polar surface area (TPSA) is 141 Å². The Morgan fingerprint density at radius 1 is 1.13 bits per heavy atom. The summed E-state index contributed by atoms with van der Waals surface area (Å²) in [6.07, 6.45) is 2.85. The van der Waals surface area contributed by atoms with E-state index in [1.54, 1.807) is 12.1 Å². The van der Waals surface area contributed by atoms with Gasteiger partial charge in [-0.3, -0.25) is 29.4 Å². The van der Waals surface area contributed by atoms with Crippen LogP contribution in [0.25, 0.3) is 6.08 Å². The second-order valence-electron chi connectivity index (χ2n) is 8.18. The van der Waals surface area contributed by atoms with Crippen LogP contribution in [0, 0.1) is 24.0 Å². The van der Waals surface area contributed by atoms with E-state index >= 15 is 0 Å². The Labute approximate surface area is 221 Å². The molecular formula is C26H22N4O7S. The molecule has 12 heteroatoms. The number of aryl methyl sites for hydroxylation is 2. The van der Waals surface area contributed by atoms with E-state index in [0.717, 1.165) is 27.8 Å². The smallest absolute Gasteiger partial charge is 0.331 e. The third-order valence-electron chi connectivity index (χ3n) is 5.56. The first-order valence-electron chi connectivity index (χ1n) is 11.2. The molecule has 2 heterocycles. The molecule has 0 saturated carbocycles. The molecule has 0 radical (unpaired) electrons. The molecule has 1 aliphatic rings. The van der Waals surface area contributed by atoms with Gasteiger partial charge in [-0.15, -0.1) is 0 Å². The molecule has 11 nitrogen and oxygen atoms in total. The number of hydrogen-bond acceptors (Lipinski definition) is 9. The number of ether oxygens (including phenoxy) is 2. The lowest BCUT2D eigenvalue weighted by Crippen LogP contribution is -2.36. The van der Waals surface area contributed by atoms with Crippen molar-refractivity contribution < 1.29 is 28.8 Å². The Kier molecular flexibility index (Phi) is 7.72. The third-order valence-corrected chi connectivity index (χ3v) is 6.47. The standard InChI is InChI=1S/C26H22N4O7S/c1-15-6-4-7-16(2)23(15)28-22(31)14-29-25(32)21(38-26(29)33)13-17-9-10-19(20(12-17)36-3)37-24-18(30(34)35)8-5-11-27-24/h4-13H,14H2,1-3H3,(H,28,31)/b21-13-. The van der Waals surface area contributed by atoms with Gasteiger partial charge in [0, 0.05) is 18.0 Å². The monoisotopic (exact) mass is 534 g/mol. The van der Waals surface area contributed by atoms with Crippen molar-refractivity contribution in [2.75, 3.05) is 19.0 Å². The Balaban J connectivity index is 1.50. The number of rotatable bonds is 8. The van der Waals surface area contributed by atoms with E-state index in [4.69, 9.17) is 9.47 Å². The predicted octanol–water partition coefficient (Wildman–Crippen LogP) is 5.08. The van der Waals surface area contributed by atoms with Gasteiger partial charge in [0.2, 0.25) is 5.91 Å².